The van der Waals surface area contributed by atoms with Gasteiger partial charge >= 0.3 is 6.03 Å². The number of amides is 2. The van der Waals surface area contributed by atoms with Crippen molar-refractivity contribution in [3.05, 3.63) is 29.3 Å². The number of aliphatic hydroxyl groups excluding tert-OH is 1. The van der Waals surface area contributed by atoms with Crippen LogP contribution in [0.3, 0.4) is 0 Å². The molecule has 2 unspecified atom stereocenters. The second-order valence-electron chi connectivity index (χ2n) is 5.95. The number of benzene rings is 1. The third-order valence-corrected chi connectivity index (χ3v) is 3.95. The molecule has 2 N–H and O–H groups in total. The fourth-order valence-electron chi connectivity index (χ4n) is 2.93. The summed E-state index contributed by atoms with van der Waals surface area (Å²) in [6.07, 6.45) is 2.66. The zero-order valence-electron chi connectivity index (χ0n) is 12.5. The molecule has 2 rings (SSSR count). The zero-order chi connectivity index (χ0) is 14.7. The van der Waals surface area contributed by atoms with Gasteiger partial charge in [-0.2, -0.15) is 0 Å². The van der Waals surface area contributed by atoms with E-state index in [0.29, 0.717) is 6.54 Å². The number of carbonyl (C=O) groups is 1. The van der Waals surface area contributed by atoms with E-state index in [9.17, 15) is 9.90 Å². The van der Waals surface area contributed by atoms with Crippen LogP contribution < -0.4 is 5.32 Å². The number of nitrogens with zero attached hydrogens (tertiary/aromatic N) is 1. The van der Waals surface area contributed by atoms with E-state index in [4.69, 9.17) is 0 Å². The van der Waals surface area contributed by atoms with Crippen LogP contribution in [0, 0.1) is 19.8 Å². The van der Waals surface area contributed by atoms with E-state index in [1.807, 2.05) is 26.0 Å². The highest BCUT2D eigenvalue weighted by Gasteiger charge is 2.27. The number of hydrogen-bond donors (Lipinski definition) is 2. The summed E-state index contributed by atoms with van der Waals surface area (Å²) in [7, 11) is 1.78. The van der Waals surface area contributed by atoms with Gasteiger partial charge in [-0.05, 0) is 49.9 Å². The molecule has 0 bridgehead atoms. The smallest absolute Gasteiger partial charge is 0.321 e. The van der Waals surface area contributed by atoms with Gasteiger partial charge in [0.2, 0.25) is 0 Å². The molecule has 110 valence electrons. The maximum Gasteiger partial charge on any atom is 0.321 e. The lowest BCUT2D eigenvalue weighted by atomic mass is 10.1. The molecule has 0 heterocycles. The molecule has 1 saturated carbocycles. The molecule has 1 aromatic rings. The minimum absolute atomic E-state index is 0.117. The van der Waals surface area contributed by atoms with Gasteiger partial charge in [0.05, 0.1) is 6.10 Å². The number of aliphatic hydroxyl groups is 1. The van der Waals surface area contributed by atoms with Gasteiger partial charge in [0.15, 0.2) is 0 Å². The fraction of sp³-hybridized carbons (Fsp3) is 0.562. The number of aryl methyl sites for hydroxylation is 2. The first-order chi connectivity index (χ1) is 9.45. The first-order valence-electron chi connectivity index (χ1n) is 7.24. The molecule has 2 amide bonds. The Bertz CT molecular complexity index is 467. The average molecular weight is 276 g/mol. The van der Waals surface area contributed by atoms with Gasteiger partial charge in [0, 0.05) is 25.2 Å². The predicted octanol–water partition coefficient (Wildman–Crippen LogP) is 2.93. The summed E-state index contributed by atoms with van der Waals surface area (Å²) in [6, 6.07) is 5.88. The number of urea groups is 1. The Morgan fingerprint density at radius 3 is 2.50 bits per heavy atom. The summed E-state index contributed by atoms with van der Waals surface area (Å²) in [5, 5.41) is 12.7. The molecule has 0 aromatic heterocycles. The number of carbonyl (C=O) groups excluding carboxylic acids is 1. The van der Waals surface area contributed by atoms with Gasteiger partial charge in [0.1, 0.15) is 0 Å². The van der Waals surface area contributed by atoms with Crippen molar-refractivity contribution in [2.75, 3.05) is 18.9 Å². The maximum absolute atomic E-state index is 12.2. The first-order valence-corrected chi connectivity index (χ1v) is 7.24. The normalized spacial score (nSPS) is 21.8. The standard InChI is InChI=1S/C16H24N2O2/c1-11-7-12(2)9-14(8-11)17-16(20)18(3)10-13-5-4-6-15(13)19/h7-9,13,15,19H,4-6,10H2,1-3H3,(H,17,20). The van der Waals surface area contributed by atoms with Gasteiger partial charge in [0.25, 0.3) is 0 Å². The fourth-order valence-corrected chi connectivity index (χ4v) is 2.93. The molecule has 20 heavy (non-hydrogen) atoms. The molecule has 1 aliphatic rings. The summed E-state index contributed by atoms with van der Waals surface area (Å²) in [5.41, 5.74) is 3.09. The predicted molar refractivity (Wildman–Crippen MR) is 80.9 cm³/mol. The van der Waals surface area contributed by atoms with Gasteiger partial charge in [-0.1, -0.05) is 12.5 Å². The van der Waals surface area contributed by atoms with Crippen LogP contribution in [0.15, 0.2) is 18.2 Å². The zero-order valence-corrected chi connectivity index (χ0v) is 12.5. The number of hydrogen-bond acceptors (Lipinski definition) is 2. The highest BCUT2D eigenvalue weighted by Crippen LogP contribution is 2.26. The van der Waals surface area contributed by atoms with E-state index in [0.717, 1.165) is 36.1 Å². The molecule has 0 aliphatic heterocycles. The highest BCUT2D eigenvalue weighted by molar-refractivity contribution is 5.89. The number of rotatable bonds is 3. The monoisotopic (exact) mass is 276 g/mol. The Morgan fingerprint density at radius 2 is 1.95 bits per heavy atom. The molecular formula is C16H24N2O2. The number of nitrogens with one attached hydrogen (secondary N) is 1. The van der Waals surface area contributed by atoms with E-state index in [-0.39, 0.29) is 18.1 Å². The minimum atomic E-state index is -0.258. The van der Waals surface area contributed by atoms with E-state index >= 15 is 0 Å². The third-order valence-electron chi connectivity index (χ3n) is 3.95. The second-order valence-corrected chi connectivity index (χ2v) is 5.95. The largest absolute Gasteiger partial charge is 0.393 e. The topological polar surface area (TPSA) is 52.6 Å². The molecule has 4 nitrogen and oxygen atoms in total. The summed E-state index contributed by atoms with van der Waals surface area (Å²) >= 11 is 0. The van der Waals surface area contributed by atoms with Gasteiger partial charge in [-0.15, -0.1) is 0 Å². The van der Waals surface area contributed by atoms with Gasteiger partial charge in [-0.25, -0.2) is 4.79 Å². The Balaban J connectivity index is 1.93. The Hall–Kier alpha value is -1.55. The van der Waals surface area contributed by atoms with Crippen LogP contribution in [-0.2, 0) is 0 Å². The van der Waals surface area contributed by atoms with Crippen molar-refractivity contribution >= 4 is 11.7 Å². The van der Waals surface area contributed by atoms with Crippen molar-refractivity contribution in [2.45, 2.75) is 39.2 Å². The van der Waals surface area contributed by atoms with E-state index in [1.54, 1.807) is 11.9 Å². The average Bonchev–Trinajstić information content (AvgIpc) is 2.73. The summed E-state index contributed by atoms with van der Waals surface area (Å²) < 4.78 is 0. The van der Waals surface area contributed by atoms with Crippen molar-refractivity contribution in [1.29, 1.82) is 0 Å². The molecular weight excluding hydrogens is 252 g/mol. The van der Waals surface area contributed by atoms with Crippen molar-refractivity contribution < 1.29 is 9.90 Å². The van der Waals surface area contributed by atoms with Crippen molar-refractivity contribution in [3.8, 4) is 0 Å². The van der Waals surface area contributed by atoms with Crippen LogP contribution >= 0.6 is 0 Å². The maximum atomic E-state index is 12.2. The molecule has 2 atom stereocenters. The molecule has 0 saturated heterocycles. The van der Waals surface area contributed by atoms with Crippen LogP contribution in [0.5, 0.6) is 0 Å². The first kappa shape index (κ1) is 14.9. The number of anilines is 1. The van der Waals surface area contributed by atoms with Crippen LogP contribution in [0.4, 0.5) is 10.5 Å². The van der Waals surface area contributed by atoms with Gasteiger partial charge < -0.3 is 15.3 Å². The summed E-state index contributed by atoms with van der Waals surface area (Å²) in [4.78, 5) is 13.8. The molecule has 1 fully saturated rings. The quantitative estimate of drug-likeness (QED) is 0.892. The summed E-state index contributed by atoms with van der Waals surface area (Å²) in [5.74, 6) is 0.213. The lowest BCUT2D eigenvalue weighted by Gasteiger charge is -2.23. The second kappa shape index (κ2) is 6.27. The van der Waals surface area contributed by atoms with Gasteiger partial charge in [-0.3, -0.25) is 0 Å². The molecule has 0 radical (unpaired) electrons. The Labute approximate surface area is 120 Å². The molecule has 0 spiro atoms. The van der Waals surface area contributed by atoms with Crippen molar-refractivity contribution in [2.24, 2.45) is 5.92 Å². The molecule has 4 heteroatoms. The van der Waals surface area contributed by atoms with E-state index < -0.39 is 0 Å². The molecule has 1 aliphatic carbocycles. The SMILES string of the molecule is Cc1cc(C)cc(NC(=O)N(C)CC2CCCC2O)c1. The Morgan fingerprint density at radius 1 is 1.30 bits per heavy atom. The molecule has 1 aromatic carbocycles. The van der Waals surface area contributed by atoms with E-state index in [2.05, 4.69) is 11.4 Å². The lowest BCUT2D eigenvalue weighted by molar-refractivity contribution is 0.116. The minimum Gasteiger partial charge on any atom is -0.393 e. The lowest BCUT2D eigenvalue weighted by Crippen LogP contribution is -2.37. The summed E-state index contributed by atoms with van der Waals surface area (Å²) in [6.45, 7) is 4.64. The van der Waals surface area contributed by atoms with Crippen LogP contribution in [0.1, 0.15) is 30.4 Å². The van der Waals surface area contributed by atoms with Crippen molar-refractivity contribution in [1.82, 2.24) is 4.90 Å². The van der Waals surface area contributed by atoms with Crippen LogP contribution in [0.2, 0.25) is 0 Å². The Kier molecular flexibility index (Phi) is 4.65. The van der Waals surface area contributed by atoms with E-state index in [1.165, 1.54) is 0 Å². The van der Waals surface area contributed by atoms with Crippen LogP contribution in [-0.4, -0.2) is 35.7 Å². The van der Waals surface area contributed by atoms with Crippen molar-refractivity contribution in [3.63, 3.8) is 0 Å². The van der Waals surface area contributed by atoms with Crippen LogP contribution in [0.25, 0.3) is 0 Å². The highest BCUT2D eigenvalue weighted by atomic mass is 16.3. The third kappa shape index (κ3) is 3.73.